The number of para-hydroxylation sites is 1. The fraction of sp³-hybridized carbons (Fsp3) is 0.125. The second-order valence-corrected chi connectivity index (χ2v) is 5.21. The van der Waals surface area contributed by atoms with Crippen LogP contribution in [0.4, 0.5) is 20.6 Å². The second kappa shape index (κ2) is 7.60. The molecule has 7 heteroatoms. The van der Waals surface area contributed by atoms with Crippen LogP contribution in [0, 0.1) is 5.82 Å². The summed E-state index contributed by atoms with van der Waals surface area (Å²) in [4.78, 5) is 23.8. The van der Waals surface area contributed by atoms with E-state index < -0.39 is 23.8 Å². The number of urea groups is 1. The first kappa shape index (κ1) is 16.8. The van der Waals surface area contributed by atoms with E-state index in [0.717, 1.165) is 6.07 Å². The zero-order valence-corrected chi connectivity index (χ0v) is 13.0. The number of hydrogen-bond donors (Lipinski definition) is 3. The Morgan fingerprint density at radius 3 is 2.39 bits per heavy atom. The molecule has 1 atom stereocenters. The van der Waals surface area contributed by atoms with E-state index in [2.05, 4.69) is 16.0 Å². The molecule has 0 heterocycles. The van der Waals surface area contributed by atoms with Crippen molar-refractivity contribution in [2.75, 3.05) is 10.6 Å². The molecule has 0 aliphatic rings. The summed E-state index contributed by atoms with van der Waals surface area (Å²) in [6.07, 6.45) is 0. The number of halogens is 2. The van der Waals surface area contributed by atoms with Crippen molar-refractivity contribution >= 4 is 34.9 Å². The van der Waals surface area contributed by atoms with Gasteiger partial charge >= 0.3 is 6.03 Å². The topological polar surface area (TPSA) is 70.2 Å². The summed E-state index contributed by atoms with van der Waals surface area (Å²) in [6, 6.07) is 11.4. The summed E-state index contributed by atoms with van der Waals surface area (Å²) in [5.74, 6) is -1.02. The van der Waals surface area contributed by atoms with Gasteiger partial charge in [-0.25, -0.2) is 9.18 Å². The Bertz CT molecular complexity index is 710. The molecule has 0 aliphatic heterocycles. The van der Waals surface area contributed by atoms with Crippen molar-refractivity contribution < 1.29 is 14.0 Å². The molecule has 0 spiro atoms. The molecular formula is C16H15ClFN3O2. The number of hydrogen-bond acceptors (Lipinski definition) is 2. The molecule has 0 radical (unpaired) electrons. The Kier molecular flexibility index (Phi) is 5.54. The minimum atomic E-state index is -0.789. The van der Waals surface area contributed by atoms with Crippen molar-refractivity contribution in [3.05, 3.63) is 59.4 Å². The summed E-state index contributed by atoms with van der Waals surface area (Å²) >= 11 is 5.65. The lowest BCUT2D eigenvalue weighted by Crippen LogP contribution is -2.43. The first-order valence-electron chi connectivity index (χ1n) is 6.84. The van der Waals surface area contributed by atoms with Crippen LogP contribution >= 0.6 is 11.6 Å². The van der Waals surface area contributed by atoms with Crippen LogP contribution in [0.5, 0.6) is 0 Å². The van der Waals surface area contributed by atoms with E-state index in [0.29, 0.717) is 11.4 Å². The van der Waals surface area contributed by atoms with Crippen molar-refractivity contribution in [1.82, 2.24) is 5.32 Å². The van der Waals surface area contributed by atoms with Gasteiger partial charge in [-0.2, -0.15) is 0 Å². The van der Waals surface area contributed by atoms with Gasteiger partial charge in [0.1, 0.15) is 11.9 Å². The molecule has 0 fully saturated rings. The Hall–Kier alpha value is -2.60. The van der Waals surface area contributed by atoms with Gasteiger partial charge in [-0.1, -0.05) is 29.8 Å². The Labute approximate surface area is 137 Å². The van der Waals surface area contributed by atoms with Gasteiger partial charge in [0.05, 0.1) is 5.02 Å². The van der Waals surface area contributed by atoms with Crippen LogP contribution in [0.15, 0.2) is 48.5 Å². The molecule has 0 saturated carbocycles. The summed E-state index contributed by atoms with van der Waals surface area (Å²) in [5.41, 5.74) is 0.960. The van der Waals surface area contributed by atoms with E-state index >= 15 is 0 Å². The molecule has 1 unspecified atom stereocenters. The Morgan fingerprint density at radius 2 is 1.74 bits per heavy atom. The van der Waals surface area contributed by atoms with Crippen LogP contribution in [0.25, 0.3) is 0 Å². The SMILES string of the molecule is CC(NC(=O)Nc1ccccc1)C(=O)Nc1ccc(F)c(Cl)c1. The quantitative estimate of drug-likeness (QED) is 0.798. The van der Waals surface area contributed by atoms with Crippen molar-refractivity contribution in [3.63, 3.8) is 0 Å². The minimum absolute atomic E-state index is 0.0924. The molecule has 0 aliphatic carbocycles. The van der Waals surface area contributed by atoms with Crippen LogP contribution in [-0.4, -0.2) is 18.0 Å². The van der Waals surface area contributed by atoms with Crippen LogP contribution in [0.3, 0.4) is 0 Å². The fourth-order valence-electron chi connectivity index (χ4n) is 1.78. The molecule has 120 valence electrons. The lowest BCUT2D eigenvalue weighted by atomic mass is 10.2. The third-order valence-corrected chi connectivity index (χ3v) is 3.25. The van der Waals surface area contributed by atoms with Crippen molar-refractivity contribution in [2.45, 2.75) is 13.0 Å². The van der Waals surface area contributed by atoms with E-state index in [-0.39, 0.29) is 5.02 Å². The smallest absolute Gasteiger partial charge is 0.319 e. The number of rotatable bonds is 4. The molecule has 23 heavy (non-hydrogen) atoms. The standard InChI is InChI=1S/C16H15ClFN3O2/c1-10(19-16(23)21-11-5-3-2-4-6-11)15(22)20-12-7-8-14(18)13(17)9-12/h2-10H,1H3,(H,20,22)(H2,19,21,23). The van der Waals surface area contributed by atoms with E-state index in [1.807, 2.05) is 6.07 Å². The highest BCUT2D eigenvalue weighted by atomic mass is 35.5. The lowest BCUT2D eigenvalue weighted by molar-refractivity contribution is -0.117. The normalized spacial score (nSPS) is 11.4. The predicted octanol–water partition coefficient (Wildman–Crippen LogP) is 3.63. The van der Waals surface area contributed by atoms with Crippen LogP contribution < -0.4 is 16.0 Å². The zero-order valence-electron chi connectivity index (χ0n) is 12.3. The zero-order chi connectivity index (χ0) is 16.8. The molecule has 5 nitrogen and oxygen atoms in total. The van der Waals surface area contributed by atoms with Gasteiger partial charge in [-0.05, 0) is 37.3 Å². The summed E-state index contributed by atoms with van der Waals surface area (Å²) in [5, 5.41) is 7.57. The minimum Gasteiger partial charge on any atom is -0.326 e. The maximum Gasteiger partial charge on any atom is 0.319 e. The number of benzene rings is 2. The third-order valence-electron chi connectivity index (χ3n) is 2.96. The molecule has 0 bridgehead atoms. The highest BCUT2D eigenvalue weighted by Gasteiger charge is 2.16. The van der Waals surface area contributed by atoms with Gasteiger partial charge in [-0.15, -0.1) is 0 Å². The highest BCUT2D eigenvalue weighted by molar-refractivity contribution is 6.31. The van der Waals surface area contributed by atoms with Gasteiger partial charge in [0.25, 0.3) is 0 Å². The van der Waals surface area contributed by atoms with Crippen molar-refractivity contribution in [1.29, 1.82) is 0 Å². The lowest BCUT2D eigenvalue weighted by Gasteiger charge is -2.15. The third kappa shape index (κ3) is 4.96. The van der Waals surface area contributed by atoms with Gasteiger partial charge in [-0.3, -0.25) is 4.79 Å². The van der Waals surface area contributed by atoms with Crippen molar-refractivity contribution in [3.8, 4) is 0 Å². The molecule has 0 saturated heterocycles. The Balaban J connectivity index is 1.89. The van der Waals surface area contributed by atoms with Crippen LogP contribution in [-0.2, 0) is 4.79 Å². The van der Waals surface area contributed by atoms with Crippen LogP contribution in [0.1, 0.15) is 6.92 Å². The molecular weight excluding hydrogens is 321 g/mol. The van der Waals surface area contributed by atoms with Crippen molar-refractivity contribution in [2.24, 2.45) is 0 Å². The fourth-order valence-corrected chi connectivity index (χ4v) is 1.96. The first-order chi connectivity index (χ1) is 11.0. The second-order valence-electron chi connectivity index (χ2n) is 4.80. The number of anilines is 2. The number of amides is 3. The average Bonchev–Trinajstić information content (AvgIpc) is 2.51. The molecule has 2 rings (SSSR count). The van der Waals surface area contributed by atoms with Gasteiger partial charge in [0.2, 0.25) is 5.91 Å². The number of carbonyl (C=O) groups is 2. The molecule has 3 N–H and O–H groups in total. The molecule has 2 aromatic rings. The first-order valence-corrected chi connectivity index (χ1v) is 7.22. The maximum atomic E-state index is 13.1. The largest absolute Gasteiger partial charge is 0.326 e. The Morgan fingerprint density at radius 1 is 1.04 bits per heavy atom. The summed E-state index contributed by atoms with van der Waals surface area (Å²) in [7, 11) is 0. The summed E-state index contributed by atoms with van der Waals surface area (Å²) in [6.45, 7) is 1.53. The monoisotopic (exact) mass is 335 g/mol. The van der Waals surface area contributed by atoms with Gasteiger partial charge < -0.3 is 16.0 Å². The van der Waals surface area contributed by atoms with Crippen LogP contribution in [0.2, 0.25) is 5.02 Å². The summed E-state index contributed by atoms with van der Waals surface area (Å²) < 4.78 is 13.1. The maximum absolute atomic E-state index is 13.1. The average molecular weight is 336 g/mol. The van der Waals surface area contributed by atoms with E-state index in [4.69, 9.17) is 11.6 Å². The number of carbonyl (C=O) groups excluding carboxylic acids is 2. The highest BCUT2D eigenvalue weighted by Crippen LogP contribution is 2.19. The van der Waals surface area contributed by atoms with E-state index in [1.54, 1.807) is 24.3 Å². The number of nitrogens with one attached hydrogen (secondary N) is 3. The molecule has 0 aromatic heterocycles. The predicted molar refractivity (Wildman–Crippen MR) is 88.1 cm³/mol. The van der Waals surface area contributed by atoms with E-state index in [9.17, 15) is 14.0 Å². The van der Waals surface area contributed by atoms with Gasteiger partial charge in [0, 0.05) is 11.4 Å². The molecule has 3 amide bonds. The van der Waals surface area contributed by atoms with E-state index in [1.165, 1.54) is 19.1 Å². The van der Waals surface area contributed by atoms with Gasteiger partial charge in [0.15, 0.2) is 0 Å². The molecule has 2 aromatic carbocycles.